The number of hydrogen-bond acceptors (Lipinski definition) is 3. The second kappa shape index (κ2) is 4.10. The maximum absolute atomic E-state index is 5.75. The lowest BCUT2D eigenvalue weighted by atomic mass is 10.1. The van der Waals surface area contributed by atoms with Gasteiger partial charge in [0.1, 0.15) is 5.82 Å². The van der Waals surface area contributed by atoms with E-state index in [2.05, 4.69) is 36.2 Å². The molecule has 0 atom stereocenters. The fraction of sp³-hybridized carbons (Fsp3) is 0.308. The Kier molecular flexibility index (Phi) is 2.79. The maximum Gasteiger partial charge on any atom is 0.133 e. The predicted molar refractivity (Wildman–Crippen MR) is 68.7 cm³/mol. The van der Waals surface area contributed by atoms with Crippen LogP contribution < -0.4 is 10.6 Å². The molecule has 0 bridgehead atoms. The molecule has 0 saturated carbocycles. The molecule has 1 aromatic carbocycles. The van der Waals surface area contributed by atoms with E-state index in [1.807, 2.05) is 19.0 Å². The predicted octanol–water partition coefficient (Wildman–Crippen LogP) is 2.07. The quantitative estimate of drug-likeness (QED) is 0.834. The van der Waals surface area contributed by atoms with Crippen LogP contribution in [0.4, 0.5) is 5.82 Å². The van der Waals surface area contributed by atoms with Gasteiger partial charge in [-0.3, -0.25) is 0 Å². The Labute approximate surface area is 95.9 Å². The molecule has 0 aliphatic heterocycles. The van der Waals surface area contributed by atoms with Crippen molar-refractivity contribution in [3.05, 3.63) is 35.4 Å². The van der Waals surface area contributed by atoms with Crippen LogP contribution in [0, 0.1) is 6.92 Å². The summed E-state index contributed by atoms with van der Waals surface area (Å²) in [5.74, 6) is 0.957. The zero-order chi connectivity index (χ0) is 11.7. The molecule has 2 aromatic rings. The monoisotopic (exact) mass is 215 g/mol. The molecule has 3 nitrogen and oxygen atoms in total. The molecule has 0 spiro atoms. The molecule has 0 aliphatic rings. The molecule has 0 saturated heterocycles. The summed E-state index contributed by atoms with van der Waals surface area (Å²) in [5, 5.41) is 1.16. The topological polar surface area (TPSA) is 42.2 Å². The molecule has 1 heterocycles. The van der Waals surface area contributed by atoms with Crippen molar-refractivity contribution in [3.63, 3.8) is 0 Å². The molecule has 1 aromatic heterocycles. The molecule has 84 valence electrons. The number of rotatable bonds is 2. The Morgan fingerprint density at radius 1 is 1.25 bits per heavy atom. The highest BCUT2D eigenvalue weighted by Gasteiger charge is 2.07. The van der Waals surface area contributed by atoms with Crippen LogP contribution in [0.15, 0.2) is 24.3 Å². The van der Waals surface area contributed by atoms with Gasteiger partial charge in [-0.25, -0.2) is 4.98 Å². The van der Waals surface area contributed by atoms with E-state index in [4.69, 9.17) is 5.73 Å². The van der Waals surface area contributed by atoms with Gasteiger partial charge >= 0.3 is 0 Å². The van der Waals surface area contributed by atoms with E-state index >= 15 is 0 Å². The number of nitrogens with two attached hydrogens (primary N) is 1. The Balaban J connectivity index is 2.70. The zero-order valence-corrected chi connectivity index (χ0v) is 9.99. The van der Waals surface area contributed by atoms with Crippen LogP contribution in [0.3, 0.4) is 0 Å². The number of anilines is 1. The van der Waals surface area contributed by atoms with Crippen molar-refractivity contribution in [3.8, 4) is 0 Å². The highest BCUT2D eigenvalue weighted by Crippen LogP contribution is 2.22. The number of aromatic nitrogens is 1. The Morgan fingerprint density at radius 3 is 2.62 bits per heavy atom. The van der Waals surface area contributed by atoms with Crippen molar-refractivity contribution in [2.24, 2.45) is 5.73 Å². The van der Waals surface area contributed by atoms with Crippen molar-refractivity contribution < 1.29 is 0 Å². The van der Waals surface area contributed by atoms with Crippen molar-refractivity contribution in [1.29, 1.82) is 0 Å². The lowest BCUT2D eigenvalue weighted by Crippen LogP contribution is -2.15. The number of hydrogen-bond donors (Lipinski definition) is 1. The van der Waals surface area contributed by atoms with Gasteiger partial charge in [0.25, 0.3) is 0 Å². The summed E-state index contributed by atoms with van der Waals surface area (Å²) in [5.41, 5.74) is 9.10. The summed E-state index contributed by atoms with van der Waals surface area (Å²) in [6, 6.07) is 8.40. The number of nitrogens with zero attached hydrogens (tertiary/aromatic N) is 2. The van der Waals surface area contributed by atoms with Crippen LogP contribution in [0.1, 0.15) is 11.1 Å². The average molecular weight is 215 g/mol. The van der Waals surface area contributed by atoms with Crippen molar-refractivity contribution in [2.75, 3.05) is 19.0 Å². The highest BCUT2D eigenvalue weighted by molar-refractivity contribution is 5.82. The van der Waals surface area contributed by atoms with Gasteiger partial charge in [-0.15, -0.1) is 0 Å². The van der Waals surface area contributed by atoms with Gasteiger partial charge in [0.15, 0.2) is 0 Å². The zero-order valence-electron chi connectivity index (χ0n) is 9.99. The van der Waals surface area contributed by atoms with Gasteiger partial charge < -0.3 is 10.6 Å². The number of benzene rings is 1. The molecule has 0 unspecified atom stereocenters. The number of pyridine rings is 1. The van der Waals surface area contributed by atoms with E-state index in [1.165, 1.54) is 5.56 Å². The first kappa shape index (κ1) is 10.9. The van der Waals surface area contributed by atoms with Gasteiger partial charge in [-0.1, -0.05) is 11.6 Å². The SMILES string of the molecule is Cc1ccc2nc(N(C)C)c(CN)cc2c1. The minimum Gasteiger partial charge on any atom is -0.362 e. The largest absolute Gasteiger partial charge is 0.362 e. The van der Waals surface area contributed by atoms with Gasteiger partial charge in [-0.05, 0) is 25.1 Å². The molecule has 16 heavy (non-hydrogen) atoms. The van der Waals surface area contributed by atoms with E-state index in [-0.39, 0.29) is 0 Å². The highest BCUT2D eigenvalue weighted by atomic mass is 15.1. The Morgan fingerprint density at radius 2 is 2.00 bits per heavy atom. The molecular formula is C13H17N3. The third-order valence-corrected chi connectivity index (χ3v) is 2.67. The fourth-order valence-corrected chi connectivity index (χ4v) is 1.87. The Hall–Kier alpha value is -1.61. The lowest BCUT2D eigenvalue weighted by molar-refractivity contribution is 0.998. The molecule has 0 fully saturated rings. The first-order valence-corrected chi connectivity index (χ1v) is 5.39. The third-order valence-electron chi connectivity index (χ3n) is 2.67. The van der Waals surface area contributed by atoms with E-state index in [0.29, 0.717) is 6.54 Å². The summed E-state index contributed by atoms with van der Waals surface area (Å²) in [4.78, 5) is 6.63. The molecule has 3 heteroatoms. The summed E-state index contributed by atoms with van der Waals surface area (Å²) in [6.07, 6.45) is 0. The second-order valence-corrected chi connectivity index (χ2v) is 4.27. The van der Waals surface area contributed by atoms with Crippen molar-refractivity contribution in [1.82, 2.24) is 4.98 Å². The van der Waals surface area contributed by atoms with Crippen LogP contribution in [0.2, 0.25) is 0 Å². The van der Waals surface area contributed by atoms with Crippen LogP contribution in [0.5, 0.6) is 0 Å². The number of fused-ring (bicyclic) bond motifs is 1. The van der Waals surface area contributed by atoms with Crippen molar-refractivity contribution in [2.45, 2.75) is 13.5 Å². The molecular weight excluding hydrogens is 198 g/mol. The van der Waals surface area contributed by atoms with E-state index < -0.39 is 0 Å². The molecule has 0 amide bonds. The van der Waals surface area contributed by atoms with Crippen LogP contribution >= 0.6 is 0 Å². The normalized spacial score (nSPS) is 10.8. The summed E-state index contributed by atoms with van der Waals surface area (Å²) in [7, 11) is 3.98. The molecule has 2 rings (SSSR count). The minimum absolute atomic E-state index is 0.518. The van der Waals surface area contributed by atoms with Gasteiger partial charge in [0.2, 0.25) is 0 Å². The molecule has 0 radical (unpaired) electrons. The molecule has 2 N–H and O–H groups in total. The van der Waals surface area contributed by atoms with Crippen LogP contribution in [-0.2, 0) is 6.54 Å². The van der Waals surface area contributed by atoms with E-state index in [1.54, 1.807) is 0 Å². The number of aryl methyl sites for hydroxylation is 1. The molecule has 0 aliphatic carbocycles. The fourth-order valence-electron chi connectivity index (χ4n) is 1.87. The second-order valence-electron chi connectivity index (χ2n) is 4.27. The summed E-state index contributed by atoms with van der Waals surface area (Å²) >= 11 is 0. The Bertz CT molecular complexity index is 518. The minimum atomic E-state index is 0.518. The van der Waals surface area contributed by atoms with Gasteiger partial charge in [0.05, 0.1) is 5.52 Å². The van der Waals surface area contributed by atoms with Crippen LogP contribution in [-0.4, -0.2) is 19.1 Å². The van der Waals surface area contributed by atoms with Gasteiger partial charge in [0, 0.05) is 31.6 Å². The maximum atomic E-state index is 5.75. The van der Waals surface area contributed by atoms with E-state index in [0.717, 1.165) is 22.3 Å². The average Bonchev–Trinajstić information content (AvgIpc) is 2.26. The lowest BCUT2D eigenvalue weighted by Gasteiger charge is -2.16. The van der Waals surface area contributed by atoms with Gasteiger partial charge in [-0.2, -0.15) is 0 Å². The van der Waals surface area contributed by atoms with Crippen LogP contribution in [0.25, 0.3) is 10.9 Å². The third kappa shape index (κ3) is 1.86. The first-order valence-electron chi connectivity index (χ1n) is 5.39. The summed E-state index contributed by atoms with van der Waals surface area (Å²) < 4.78 is 0. The summed E-state index contributed by atoms with van der Waals surface area (Å²) in [6.45, 7) is 2.60. The van der Waals surface area contributed by atoms with Crippen molar-refractivity contribution >= 4 is 16.7 Å². The standard InChI is InChI=1S/C13H17N3/c1-9-4-5-12-10(6-9)7-11(8-14)13(15-12)16(2)3/h4-7H,8,14H2,1-3H3. The smallest absolute Gasteiger partial charge is 0.133 e. The first-order chi connectivity index (χ1) is 7.61. The van der Waals surface area contributed by atoms with E-state index in [9.17, 15) is 0 Å².